The van der Waals surface area contributed by atoms with E-state index in [0.717, 1.165) is 29.7 Å². The molecule has 142 valence electrons. The van der Waals surface area contributed by atoms with Crippen molar-refractivity contribution < 1.29 is 9.59 Å². The van der Waals surface area contributed by atoms with Gasteiger partial charge in [0.1, 0.15) is 0 Å². The summed E-state index contributed by atoms with van der Waals surface area (Å²) in [6.07, 6.45) is 3.98. The zero-order valence-corrected chi connectivity index (χ0v) is 16.0. The Labute approximate surface area is 159 Å². The Morgan fingerprint density at radius 2 is 1.96 bits per heavy atom. The molecule has 1 aromatic heterocycles. The molecule has 0 bridgehead atoms. The van der Waals surface area contributed by atoms with Crippen LogP contribution >= 0.6 is 0 Å². The summed E-state index contributed by atoms with van der Waals surface area (Å²) in [6, 6.07) is 8.89. The molecular weight excluding hydrogens is 340 g/mol. The van der Waals surface area contributed by atoms with Crippen molar-refractivity contribution >= 4 is 17.6 Å². The third-order valence-electron chi connectivity index (χ3n) is 4.71. The van der Waals surface area contributed by atoms with E-state index in [1.165, 1.54) is 0 Å². The quantitative estimate of drug-likeness (QED) is 0.728. The van der Waals surface area contributed by atoms with Crippen LogP contribution in [0.4, 0.5) is 10.5 Å². The van der Waals surface area contributed by atoms with E-state index in [-0.39, 0.29) is 18.0 Å². The number of carbonyl (C=O) groups is 2. The van der Waals surface area contributed by atoms with Gasteiger partial charge in [-0.2, -0.15) is 0 Å². The van der Waals surface area contributed by atoms with E-state index >= 15 is 0 Å². The average Bonchev–Trinajstić information content (AvgIpc) is 3.46. The molecule has 27 heavy (non-hydrogen) atoms. The number of hydrogen-bond donors (Lipinski definition) is 3. The molecule has 3 amide bonds. The summed E-state index contributed by atoms with van der Waals surface area (Å²) >= 11 is 0. The lowest BCUT2D eigenvalue weighted by Crippen LogP contribution is -2.34. The summed E-state index contributed by atoms with van der Waals surface area (Å²) in [7, 11) is 0. The number of rotatable bonds is 6. The van der Waals surface area contributed by atoms with E-state index < -0.39 is 0 Å². The average molecular weight is 366 g/mol. The molecule has 1 aromatic carbocycles. The van der Waals surface area contributed by atoms with Crippen LogP contribution < -0.4 is 16.0 Å². The van der Waals surface area contributed by atoms with Crippen LogP contribution in [0.15, 0.2) is 36.5 Å². The molecule has 1 atom stereocenters. The topological polar surface area (TPSA) is 83.1 Å². The predicted molar refractivity (Wildman–Crippen MR) is 106 cm³/mol. The molecule has 0 saturated heterocycles. The van der Waals surface area contributed by atoms with Gasteiger partial charge in [0, 0.05) is 24.0 Å². The number of amides is 3. The third kappa shape index (κ3) is 4.84. The second-order valence-corrected chi connectivity index (χ2v) is 7.06. The van der Waals surface area contributed by atoms with Gasteiger partial charge in [-0.15, -0.1) is 0 Å². The number of urea groups is 1. The summed E-state index contributed by atoms with van der Waals surface area (Å²) < 4.78 is 0. The van der Waals surface area contributed by atoms with Gasteiger partial charge < -0.3 is 16.0 Å². The first-order valence-corrected chi connectivity index (χ1v) is 9.37. The zero-order chi connectivity index (χ0) is 19.4. The molecule has 0 unspecified atom stereocenters. The molecule has 3 rings (SSSR count). The summed E-state index contributed by atoms with van der Waals surface area (Å²) in [5, 5.41) is 8.73. The van der Waals surface area contributed by atoms with Gasteiger partial charge in [-0.3, -0.25) is 9.78 Å². The fourth-order valence-corrected chi connectivity index (χ4v) is 3.10. The fraction of sp³-hybridized carbons (Fsp3) is 0.381. The van der Waals surface area contributed by atoms with E-state index in [1.807, 2.05) is 32.9 Å². The summed E-state index contributed by atoms with van der Waals surface area (Å²) in [5.41, 5.74) is 4.14. The number of nitrogens with one attached hydrogen (secondary N) is 3. The van der Waals surface area contributed by atoms with E-state index in [4.69, 9.17) is 0 Å². The summed E-state index contributed by atoms with van der Waals surface area (Å²) in [5.74, 6) is 0.321. The highest BCUT2D eigenvalue weighted by atomic mass is 16.2. The monoisotopic (exact) mass is 366 g/mol. The Hall–Kier alpha value is -2.89. The van der Waals surface area contributed by atoms with Crippen LogP contribution in [0.25, 0.3) is 0 Å². The van der Waals surface area contributed by atoms with Crippen LogP contribution in [0.1, 0.15) is 53.0 Å². The van der Waals surface area contributed by atoms with Crippen molar-refractivity contribution in [2.75, 3.05) is 11.9 Å². The number of pyridine rings is 1. The largest absolute Gasteiger partial charge is 0.352 e. The van der Waals surface area contributed by atoms with Crippen LogP contribution in [-0.4, -0.2) is 23.5 Å². The lowest BCUT2D eigenvalue weighted by Gasteiger charge is -2.19. The molecule has 0 radical (unpaired) electrons. The van der Waals surface area contributed by atoms with Crippen molar-refractivity contribution in [2.45, 2.75) is 39.7 Å². The molecule has 1 fully saturated rings. The first kappa shape index (κ1) is 18.9. The minimum absolute atomic E-state index is 0.0835. The third-order valence-corrected chi connectivity index (χ3v) is 4.71. The van der Waals surface area contributed by atoms with Gasteiger partial charge in [0.25, 0.3) is 5.91 Å². The molecule has 2 aromatic rings. The van der Waals surface area contributed by atoms with Gasteiger partial charge in [-0.25, -0.2) is 4.79 Å². The number of hydrogen-bond acceptors (Lipinski definition) is 3. The molecule has 1 aliphatic carbocycles. The smallest absolute Gasteiger partial charge is 0.319 e. The highest BCUT2D eigenvalue weighted by Gasteiger charge is 2.34. The maximum absolute atomic E-state index is 12.6. The Balaban J connectivity index is 1.68. The number of anilines is 1. The second-order valence-electron chi connectivity index (χ2n) is 7.06. The highest BCUT2D eigenvalue weighted by Crippen LogP contribution is 2.40. The maximum Gasteiger partial charge on any atom is 0.319 e. The van der Waals surface area contributed by atoms with Gasteiger partial charge in [-0.1, -0.05) is 0 Å². The van der Waals surface area contributed by atoms with Gasteiger partial charge in [0.05, 0.1) is 11.7 Å². The molecule has 6 nitrogen and oxygen atoms in total. The van der Waals surface area contributed by atoms with Crippen molar-refractivity contribution in [1.29, 1.82) is 0 Å². The van der Waals surface area contributed by atoms with E-state index in [1.54, 1.807) is 24.4 Å². The first-order chi connectivity index (χ1) is 13.0. The van der Waals surface area contributed by atoms with Crippen LogP contribution in [0, 0.1) is 19.8 Å². The molecule has 1 saturated carbocycles. The lowest BCUT2D eigenvalue weighted by molar-refractivity contribution is 0.0955. The number of benzene rings is 1. The molecule has 3 N–H and O–H groups in total. The Morgan fingerprint density at radius 3 is 2.59 bits per heavy atom. The molecule has 0 spiro atoms. The van der Waals surface area contributed by atoms with Crippen LogP contribution in [0.2, 0.25) is 0 Å². The van der Waals surface area contributed by atoms with Crippen molar-refractivity contribution in [3.63, 3.8) is 0 Å². The maximum atomic E-state index is 12.6. The minimum Gasteiger partial charge on any atom is -0.352 e. The molecule has 1 heterocycles. The Bertz CT molecular complexity index is 846. The van der Waals surface area contributed by atoms with Gasteiger partial charge in [0.15, 0.2) is 0 Å². The molecule has 1 aliphatic rings. The summed E-state index contributed by atoms with van der Waals surface area (Å²) in [6.45, 7) is 6.36. The van der Waals surface area contributed by atoms with E-state index in [2.05, 4.69) is 20.9 Å². The minimum atomic E-state index is -0.260. The lowest BCUT2D eigenvalue weighted by atomic mass is 10.1. The Morgan fingerprint density at radius 1 is 1.19 bits per heavy atom. The molecular formula is C21H26N4O2. The van der Waals surface area contributed by atoms with E-state index in [0.29, 0.717) is 23.7 Å². The van der Waals surface area contributed by atoms with Gasteiger partial charge in [0.2, 0.25) is 0 Å². The van der Waals surface area contributed by atoms with Crippen LogP contribution in [0.5, 0.6) is 0 Å². The van der Waals surface area contributed by atoms with Crippen LogP contribution in [0.3, 0.4) is 0 Å². The van der Waals surface area contributed by atoms with E-state index in [9.17, 15) is 9.59 Å². The second kappa shape index (κ2) is 8.20. The van der Waals surface area contributed by atoms with Crippen molar-refractivity contribution in [1.82, 2.24) is 15.6 Å². The zero-order valence-electron chi connectivity index (χ0n) is 16.0. The van der Waals surface area contributed by atoms with Gasteiger partial charge >= 0.3 is 6.03 Å². The Kier molecular flexibility index (Phi) is 5.74. The number of carbonyl (C=O) groups excluding carboxylic acids is 2. The normalized spacial score (nSPS) is 14.3. The van der Waals surface area contributed by atoms with Crippen LogP contribution in [-0.2, 0) is 0 Å². The van der Waals surface area contributed by atoms with Gasteiger partial charge in [-0.05, 0) is 81.0 Å². The number of aryl methyl sites for hydroxylation is 2. The van der Waals surface area contributed by atoms with Crippen molar-refractivity contribution in [3.8, 4) is 0 Å². The number of nitrogens with zero attached hydrogens (tertiary/aromatic N) is 1. The predicted octanol–water partition coefficient (Wildman–Crippen LogP) is 3.72. The first-order valence-electron chi connectivity index (χ1n) is 9.37. The number of aromatic nitrogens is 1. The SMILES string of the molecule is CCNC(=O)c1ccc(NC(=O)N[C@@H](c2cc(C)ccn2)C2CC2)c(C)c1. The fourth-order valence-electron chi connectivity index (χ4n) is 3.10. The highest BCUT2D eigenvalue weighted by molar-refractivity contribution is 5.96. The standard InChI is InChI=1S/C21H26N4O2/c1-4-22-20(26)16-7-8-17(14(3)12-16)24-21(27)25-19(15-5-6-15)18-11-13(2)9-10-23-18/h7-12,15,19H,4-6H2,1-3H3,(H,22,26)(H2,24,25,27)/t19-/m1/s1. The van der Waals surface area contributed by atoms with Crippen molar-refractivity contribution in [2.24, 2.45) is 5.92 Å². The molecule has 0 aliphatic heterocycles. The van der Waals surface area contributed by atoms with Crippen molar-refractivity contribution in [3.05, 3.63) is 58.9 Å². The molecule has 6 heteroatoms. The summed E-state index contributed by atoms with van der Waals surface area (Å²) in [4.78, 5) is 28.9.